The number of ether oxygens (including phenoxy) is 1. The minimum Gasteiger partial charge on any atom is -0.468 e. The predicted octanol–water partition coefficient (Wildman–Crippen LogP) is 3.87. The number of methoxy groups -OCH3 is 1. The molecule has 1 aromatic heterocycles. The average molecular weight is 474 g/mol. The third-order valence-corrected chi connectivity index (χ3v) is 6.47. The molecule has 0 unspecified atom stereocenters. The number of aromatic nitrogens is 2. The standard InChI is InChI=1S/C24H28FN3O4S/c1-15(11-16(2)29)23(31)28-10-4-5-18(13-28)22-20(17-6-8-19(25)9-7-17)12-26-24(27-22)33-14-21(30)32-3/h6-9,12,15,18H,4-5,10-11,13-14H2,1-3H3/t15-,18+/m0/s1. The summed E-state index contributed by atoms with van der Waals surface area (Å²) in [6, 6.07) is 6.14. The molecule has 0 N–H and O–H groups in total. The van der Waals surface area contributed by atoms with Crippen LogP contribution >= 0.6 is 11.8 Å². The molecular formula is C24H28FN3O4S. The van der Waals surface area contributed by atoms with Crippen molar-refractivity contribution in [2.45, 2.75) is 44.2 Å². The number of rotatable bonds is 8. The van der Waals surface area contributed by atoms with Crippen LogP contribution in [0.3, 0.4) is 0 Å². The molecule has 2 atom stereocenters. The molecule has 1 aromatic carbocycles. The molecule has 1 amide bonds. The minimum absolute atomic E-state index is 0.00826. The van der Waals surface area contributed by atoms with Crippen molar-refractivity contribution in [1.82, 2.24) is 14.9 Å². The highest BCUT2D eigenvalue weighted by molar-refractivity contribution is 7.99. The second kappa shape index (κ2) is 11.4. The highest BCUT2D eigenvalue weighted by atomic mass is 32.2. The van der Waals surface area contributed by atoms with Gasteiger partial charge in [-0.2, -0.15) is 0 Å². The Bertz CT molecular complexity index is 1020. The zero-order chi connectivity index (χ0) is 24.0. The van der Waals surface area contributed by atoms with Gasteiger partial charge in [-0.15, -0.1) is 0 Å². The van der Waals surface area contributed by atoms with Gasteiger partial charge in [0.1, 0.15) is 11.6 Å². The molecule has 1 saturated heterocycles. The fourth-order valence-corrected chi connectivity index (χ4v) is 4.68. The van der Waals surface area contributed by atoms with Crippen LogP contribution in [-0.2, 0) is 19.1 Å². The fraction of sp³-hybridized carbons (Fsp3) is 0.458. The van der Waals surface area contributed by atoms with Gasteiger partial charge < -0.3 is 14.4 Å². The Hall–Kier alpha value is -2.81. The van der Waals surface area contributed by atoms with Crippen LogP contribution in [0.4, 0.5) is 4.39 Å². The van der Waals surface area contributed by atoms with Gasteiger partial charge in [0.05, 0.1) is 18.6 Å². The maximum Gasteiger partial charge on any atom is 0.316 e. The van der Waals surface area contributed by atoms with Crippen LogP contribution in [0.5, 0.6) is 0 Å². The van der Waals surface area contributed by atoms with Crippen molar-refractivity contribution < 1.29 is 23.5 Å². The van der Waals surface area contributed by atoms with Gasteiger partial charge in [0.15, 0.2) is 5.16 Å². The van der Waals surface area contributed by atoms with Crippen molar-refractivity contribution in [3.05, 3.63) is 42.0 Å². The summed E-state index contributed by atoms with van der Waals surface area (Å²) in [7, 11) is 1.33. The molecule has 0 radical (unpaired) electrons. The summed E-state index contributed by atoms with van der Waals surface area (Å²) in [4.78, 5) is 46.9. The van der Waals surface area contributed by atoms with Crippen LogP contribution in [0.1, 0.15) is 44.7 Å². The Labute approximate surface area is 197 Å². The number of hydrogen-bond donors (Lipinski definition) is 0. The number of esters is 1. The van der Waals surface area contributed by atoms with E-state index >= 15 is 0 Å². The number of ketones is 1. The van der Waals surface area contributed by atoms with E-state index in [2.05, 4.69) is 4.98 Å². The molecule has 0 saturated carbocycles. The molecule has 33 heavy (non-hydrogen) atoms. The number of likely N-dealkylation sites (tertiary alicyclic amines) is 1. The zero-order valence-electron chi connectivity index (χ0n) is 19.0. The van der Waals surface area contributed by atoms with E-state index < -0.39 is 0 Å². The largest absolute Gasteiger partial charge is 0.468 e. The fourth-order valence-electron chi connectivity index (χ4n) is 4.02. The SMILES string of the molecule is COC(=O)CSc1ncc(-c2ccc(F)cc2)c([C@@H]2CCCN(C(=O)[C@@H](C)CC(C)=O)C2)n1. The predicted molar refractivity (Wildman–Crippen MR) is 123 cm³/mol. The Morgan fingerprint density at radius 1 is 1.27 bits per heavy atom. The van der Waals surface area contributed by atoms with E-state index in [1.807, 2.05) is 0 Å². The summed E-state index contributed by atoms with van der Waals surface area (Å²) in [5, 5.41) is 0.439. The van der Waals surface area contributed by atoms with E-state index in [0.29, 0.717) is 18.2 Å². The van der Waals surface area contributed by atoms with Crippen molar-refractivity contribution in [3.8, 4) is 11.1 Å². The molecule has 2 heterocycles. The first-order valence-corrected chi connectivity index (χ1v) is 11.9. The first-order valence-electron chi connectivity index (χ1n) is 10.9. The lowest BCUT2D eigenvalue weighted by molar-refractivity contribution is -0.138. The molecule has 0 aliphatic carbocycles. The maximum atomic E-state index is 13.5. The third-order valence-electron chi connectivity index (χ3n) is 5.63. The Morgan fingerprint density at radius 3 is 2.67 bits per heavy atom. The molecule has 1 fully saturated rings. The molecule has 9 heteroatoms. The van der Waals surface area contributed by atoms with E-state index in [4.69, 9.17) is 9.72 Å². The van der Waals surface area contributed by atoms with Gasteiger partial charge in [0.25, 0.3) is 0 Å². The number of Topliss-reactive ketones (excluding diaryl/α,β-unsaturated/α-hetero) is 1. The van der Waals surface area contributed by atoms with Gasteiger partial charge in [-0.1, -0.05) is 30.8 Å². The number of halogens is 1. The quantitative estimate of drug-likeness (QED) is 0.327. The van der Waals surface area contributed by atoms with Crippen LogP contribution < -0.4 is 0 Å². The first kappa shape index (κ1) is 24.8. The first-order chi connectivity index (χ1) is 15.8. The summed E-state index contributed by atoms with van der Waals surface area (Å²) in [6.45, 7) is 4.39. The van der Waals surface area contributed by atoms with Gasteiger partial charge in [0, 0.05) is 43.1 Å². The molecule has 3 rings (SSSR count). The number of benzene rings is 1. The van der Waals surface area contributed by atoms with Crippen molar-refractivity contribution in [1.29, 1.82) is 0 Å². The molecule has 1 aliphatic heterocycles. The van der Waals surface area contributed by atoms with Gasteiger partial charge in [-0.05, 0) is 37.5 Å². The summed E-state index contributed by atoms with van der Waals surface area (Å²) < 4.78 is 18.2. The number of carbonyl (C=O) groups excluding carboxylic acids is 3. The summed E-state index contributed by atoms with van der Waals surface area (Å²) in [5.74, 6) is -1.08. The van der Waals surface area contributed by atoms with Crippen molar-refractivity contribution in [2.24, 2.45) is 5.92 Å². The molecule has 0 spiro atoms. The highest BCUT2D eigenvalue weighted by Gasteiger charge is 2.30. The van der Waals surface area contributed by atoms with Crippen molar-refractivity contribution in [2.75, 3.05) is 26.0 Å². The molecule has 7 nitrogen and oxygen atoms in total. The Kier molecular flexibility index (Phi) is 8.55. The van der Waals surface area contributed by atoms with Gasteiger partial charge in [-0.25, -0.2) is 14.4 Å². The number of carbonyl (C=O) groups is 3. The topological polar surface area (TPSA) is 89.5 Å². The Balaban J connectivity index is 1.90. The average Bonchev–Trinajstić information content (AvgIpc) is 2.82. The number of hydrogen-bond acceptors (Lipinski definition) is 7. The minimum atomic E-state index is -0.373. The summed E-state index contributed by atoms with van der Waals surface area (Å²) >= 11 is 1.18. The number of piperidine rings is 1. The molecule has 176 valence electrons. The van der Waals surface area contributed by atoms with Crippen LogP contribution in [-0.4, -0.2) is 58.5 Å². The number of amides is 1. The molecule has 0 bridgehead atoms. The van der Waals surface area contributed by atoms with Crippen LogP contribution in [0, 0.1) is 11.7 Å². The second-order valence-corrected chi connectivity index (χ2v) is 9.20. The van der Waals surface area contributed by atoms with Gasteiger partial charge >= 0.3 is 5.97 Å². The second-order valence-electron chi connectivity index (χ2n) is 8.25. The third kappa shape index (κ3) is 6.60. The van der Waals surface area contributed by atoms with Crippen molar-refractivity contribution in [3.63, 3.8) is 0 Å². The lowest BCUT2D eigenvalue weighted by atomic mass is 9.89. The van der Waals surface area contributed by atoms with Gasteiger partial charge in [-0.3, -0.25) is 9.59 Å². The highest BCUT2D eigenvalue weighted by Crippen LogP contribution is 2.34. The molecule has 2 aromatic rings. The smallest absolute Gasteiger partial charge is 0.316 e. The number of nitrogens with zero attached hydrogens (tertiary/aromatic N) is 3. The van der Waals surface area contributed by atoms with E-state index in [1.54, 1.807) is 30.2 Å². The maximum absolute atomic E-state index is 13.5. The van der Waals surface area contributed by atoms with E-state index in [0.717, 1.165) is 29.7 Å². The van der Waals surface area contributed by atoms with E-state index in [9.17, 15) is 18.8 Å². The normalized spacial score (nSPS) is 16.8. The van der Waals surface area contributed by atoms with Crippen molar-refractivity contribution >= 4 is 29.4 Å². The molecule has 1 aliphatic rings. The van der Waals surface area contributed by atoms with Gasteiger partial charge in [0.2, 0.25) is 5.91 Å². The summed E-state index contributed by atoms with van der Waals surface area (Å²) in [6.07, 6.45) is 3.55. The summed E-state index contributed by atoms with van der Waals surface area (Å²) in [5.41, 5.74) is 2.32. The lowest BCUT2D eigenvalue weighted by Crippen LogP contribution is -2.42. The van der Waals surface area contributed by atoms with Crippen LogP contribution in [0.25, 0.3) is 11.1 Å². The lowest BCUT2D eigenvalue weighted by Gasteiger charge is -2.34. The van der Waals surface area contributed by atoms with E-state index in [-0.39, 0.29) is 47.5 Å². The van der Waals surface area contributed by atoms with Crippen LogP contribution in [0.2, 0.25) is 0 Å². The van der Waals surface area contributed by atoms with Crippen LogP contribution in [0.15, 0.2) is 35.6 Å². The monoisotopic (exact) mass is 473 g/mol. The zero-order valence-corrected chi connectivity index (χ0v) is 19.9. The number of thioether (sulfide) groups is 1. The Morgan fingerprint density at radius 2 is 2.00 bits per heavy atom. The molecular weight excluding hydrogens is 445 g/mol. The van der Waals surface area contributed by atoms with E-state index in [1.165, 1.54) is 37.9 Å².